The summed E-state index contributed by atoms with van der Waals surface area (Å²) in [6, 6.07) is 0.703. The molecule has 0 aromatic heterocycles. The van der Waals surface area contributed by atoms with Gasteiger partial charge in [-0.15, -0.1) is 0 Å². The zero-order valence-electron chi connectivity index (χ0n) is 11.7. The minimum Gasteiger partial charge on any atom is -0.381 e. The first-order valence-electron chi connectivity index (χ1n) is 7.28. The molecule has 4 nitrogen and oxygen atoms in total. The lowest BCUT2D eigenvalue weighted by Crippen LogP contribution is -2.54. The predicted octanol–water partition coefficient (Wildman–Crippen LogP) is 1.36. The normalized spacial score (nSPS) is 29.1. The molecule has 2 heterocycles. The first kappa shape index (κ1) is 13.8. The van der Waals surface area contributed by atoms with Gasteiger partial charge in [0.05, 0.1) is 13.0 Å². The summed E-state index contributed by atoms with van der Waals surface area (Å²) in [6.07, 6.45) is 4.24. The van der Waals surface area contributed by atoms with E-state index in [1.807, 2.05) is 6.92 Å². The zero-order valence-corrected chi connectivity index (χ0v) is 11.7. The van der Waals surface area contributed by atoms with Gasteiger partial charge in [0.2, 0.25) is 5.91 Å². The number of likely N-dealkylation sites (tertiary alicyclic amines) is 2. The summed E-state index contributed by atoms with van der Waals surface area (Å²) in [7, 11) is 2.23. The van der Waals surface area contributed by atoms with Crippen LogP contribution < -0.4 is 0 Å². The molecular weight excluding hydrogens is 228 g/mol. The molecule has 0 unspecified atom stereocenters. The van der Waals surface area contributed by atoms with E-state index in [2.05, 4.69) is 16.8 Å². The van der Waals surface area contributed by atoms with E-state index < -0.39 is 0 Å². The summed E-state index contributed by atoms with van der Waals surface area (Å²) < 4.78 is 5.26. The number of piperidine rings is 2. The maximum Gasteiger partial charge on any atom is 0.224 e. The van der Waals surface area contributed by atoms with Crippen LogP contribution in [-0.2, 0) is 9.53 Å². The van der Waals surface area contributed by atoms with Gasteiger partial charge in [-0.25, -0.2) is 0 Å². The summed E-state index contributed by atoms with van der Waals surface area (Å²) in [5.41, 5.74) is 0. The maximum absolute atomic E-state index is 12.1. The average molecular weight is 254 g/mol. The van der Waals surface area contributed by atoms with Gasteiger partial charge in [0.25, 0.3) is 0 Å². The zero-order chi connectivity index (χ0) is 13.0. The van der Waals surface area contributed by atoms with Crippen LogP contribution in [0.1, 0.15) is 32.6 Å². The molecule has 1 amide bonds. The average Bonchev–Trinajstić information content (AvgIpc) is 2.39. The Morgan fingerprint density at radius 2 is 2.17 bits per heavy atom. The van der Waals surface area contributed by atoms with Crippen molar-refractivity contribution < 1.29 is 9.53 Å². The molecule has 0 spiro atoms. The molecule has 0 saturated carbocycles. The molecule has 2 atom stereocenters. The molecule has 104 valence electrons. The van der Waals surface area contributed by atoms with Crippen LogP contribution in [0.4, 0.5) is 0 Å². The number of nitrogens with zero attached hydrogens (tertiary/aromatic N) is 2. The van der Waals surface area contributed by atoms with Crippen molar-refractivity contribution in [3.8, 4) is 0 Å². The van der Waals surface area contributed by atoms with Crippen LogP contribution in [-0.4, -0.2) is 61.6 Å². The fourth-order valence-electron chi connectivity index (χ4n) is 3.34. The van der Waals surface area contributed by atoms with Gasteiger partial charge in [0.1, 0.15) is 0 Å². The first-order valence-corrected chi connectivity index (χ1v) is 7.28. The van der Waals surface area contributed by atoms with E-state index in [9.17, 15) is 4.79 Å². The lowest BCUT2D eigenvalue weighted by Gasteiger charge is -2.46. The van der Waals surface area contributed by atoms with E-state index in [1.165, 1.54) is 19.4 Å². The van der Waals surface area contributed by atoms with Crippen LogP contribution in [0.3, 0.4) is 0 Å². The van der Waals surface area contributed by atoms with Gasteiger partial charge in [-0.1, -0.05) is 0 Å². The van der Waals surface area contributed by atoms with E-state index in [0.29, 0.717) is 31.6 Å². The van der Waals surface area contributed by atoms with Crippen LogP contribution >= 0.6 is 0 Å². The molecule has 2 aliphatic heterocycles. The number of hydrogen-bond donors (Lipinski definition) is 0. The summed E-state index contributed by atoms with van der Waals surface area (Å²) >= 11 is 0. The van der Waals surface area contributed by atoms with E-state index in [0.717, 1.165) is 19.5 Å². The van der Waals surface area contributed by atoms with Crippen LogP contribution in [0.2, 0.25) is 0 Å². The topological polar surface area (TPSA) is 32.8 Å². The van der Waals surface area contributed by atoms with Crippen molar-refractivity contribution in [3.63, 3.8) is 0 Å². The van der Waals surface area contributed by atoms with Gasteiger partial charge in [-0.2, -0.15) is 0 Å². The Kier molecular flexibility index (Phi) is 5.01. The number of amides is 1. The molecule has 18 heavy (non-hydrogen) atoms. The van der Waals surface area contributed by atoms with Crippen LogP contribution in [0.5, 0.6) is 0 Å². The Hall–Kier alpha value is -0.610. The fourth-order valence-corrected chi connectivity index (χ4v) is 3.34. The molecule has 0 aliphatic carbocycles. The predicted molar refractivity (Wildman–Crippen MR) is 71.4 cm³/mol. The molecule has 2 rings (SSSR count). The van der Waals surface area contributed by atoms with Crippen molar-refractivity contribution in [3.05, 3.63) is 0 Å². The van der Waals surface area contributed by atoms with Crippen molar-refractivity contribution in [2.24, 2.45) is 5.92 Å². The highest BCUT2D eigenvalue weighted by Crippen LogP contribution is 2.29. The largest absolute Gasteiger partial charge is 0.381 e. The van der Waals surface area contributed by atoms with Crippen molar-refractivity contribution in [2.45, 2.75) is 38.6 Å². The minimum atomic E-state index is 0.273. The lowest BCUT2D eigenvalue weighted by atomic mass is 9.84. The van der Waals surface area contributed by atoms with E-state index in [1.54, 1.807) is 0 Å². The van der Waals surface area contributed by atoms with Crippen LogP contribution in [0.15, 0.2) is 0 Å². The van der Waals surface area contributed by atoms with E-state index >= 15 is 0 Å². The van der Waals surface area contributed by atoms with Gasteiger partial charge in [-0.05, 0) is 45.7 Å². The molecule has 2 aliphatic rings. The highest BCUT2D eigenvalue weighted by atomic mass is 16.5. The second-order valence-corrected chi connectivity index (χ2v) is 5.53. The molecule has 0 aromatic carbocycles. The highest BCUT2D eigenvalue weighted by molar-refractivity contribution is 5.76. The van der Waals surface area contributed by atoms with Crippen molar-refractivity contribution in [2.75, 3.05) is 39.9 Å². The Morgan fingerprint density at radius 3 is 2.94 bits per heavy atom. The lowest BCUT2D eigenvalue weighted by molar-refractivity contribution is -0.135. The second-order valence-electron chi connectivity index (χ2n) is 5.53. The van der Waals surface area contributed by atoms with Gasteiger partial charge in [0, 0.05) is 25.7 Å². The minimum absolute atomic E-state index is 0.273. The molecule has 0 bridgehead atoms. The maximum atomic E-state index is 12.1. The second kappa shape index (κ2) is 6.53. The fraction of sp³-hybridized carbons (Fsp3) is 0.929. The third-order valence-corrected chi connectivity index (χ3v) is 4.36. The van der Waals surface area contributed by atoms with Gasteiger partial charge in [0.15, 0.2) is 0 Å². The van der Waals surface area contributed by atoms with E-state index in [-0.39, 0.29) is 5.91 Å². The standard InChI is InChI=1S/C14H26N2O2/c1-3-18-10-7-14(17)16-9-6-13-12(11-16)5-4-8-15(13)2/h12-13H,3-11H2,1-2H3/t12-,13+/m0/s1. The number of rotatable bonds is 4. The Morgan fingerprint density at radius 1 is 1.33 bits per heavy atom. The molecule has 0 aromatic rings. The summed E-state index contributed by atoms with van der Waals surface area (Å²) in [5, 5.41) is 0. The number of carbonyl (C=O) groups excluding carboxylic acids is 1. The van der Waals surface area contributed by atoms with Gasteiger partial charge < -0.3 is 14.5 Å². The van der Waals surface area contributed by atoms with Gasteiger partial charge >= 0.3 is 0 Å². The number of fused-ring (bicyclic) bond motifs is 1. The number of hydrogen-bond acceptors (Lipinski definition) is 3. The SMILES string of the molecule is CCOCCC(=O)N1CC[C@@H]2[C@@H](CCCN2C)C1. The summed E-state index contributed by atoms with van der Waals surface area (Å²) in [6.45, 7) is 6.34. The van der Waals surface area contributed by atoms with Crippen LogP contribution in [0.25, 0.3) is 0 Å². The van der Waals surface area contributed by atoms with Gasteiger partial charge in [-0.3, -0.25) is 4.79 Å². The third-order valence-electron chi connectivity index (χ3n) is 4.36. The smallest absolute Gasteiger partial charge is 0.224 e. The molecule has 0 radical (unpaired) electrons. The third kappa shape index (κ3) is 3.23. The molecule has 0 N–H and O–H groups in total. The Balaban J connectivity index is 1.81. The highest BCUT2D eigenvalue weighted by Gasteiger charge is 2.35. The molecule has 4 heteroatoms. The summed E-state index contributed by atoms with van der Waals surface area (Å²) in [4.78, 5) is 16.6. The summed E-state index contributed by atoms with van der Waals surface area (Å²) in [5.74, 6) is 0.962. The quantitative estimate of drug-likeness (QED) is 0.710. The van der Waals surface area contributed by atoms with Crippen molar-refractivity contribution >= 4 is 5.91 Å². The first-order chi connectivity index (χ1) is 8.72. The Labute approximate surface area is 110 Å². The number of ether oxygens (including phenoxy) is 1. The molecular formula is C14H26N2O2. The molecule has 2 saturated heterocycles. The van der Waals surface area contributed by atoms with Crippen LogP contribution in [0, 0.1) is 5.92 Å². The van der Waals surface area contributed by atoms with E-state index in [4.69, 9.17) is 4.74 Å². The van der Waals surface area contributed by atoms with Crippen molar-refractivity contribution in [1.82, 2.24) is 9.80 Å². The van der Waals surface area contributed by atoms with Crippen molar-refractivity contribution in [1.29, 1.82) is 0 Å². The number of carbonyl (C=O) groups is 1. The molecule has 2 fully saturated rings. The monoisotopic (exact) mass is 254 g/mol. The Bertz CT molecular complexity index is 283.